The van der Waals surface area contributed by atoms with E-state index in [1.54, 1.807) is 13.8 Å². The van der Waals surface area contributed by atoms with Gasteiger partial charge in [0.25, 0.3) is 5.91 Å². The molecule has 0 spiro atoms. The van der Waals surface area contributed by atoms with E-state index in [2.05, 4.69) is 10.3 Å². The molecule has 0 fully saturated rings. The van der Waals surface area contributed by atoms with Crippen molar-refractivity contribution in [2.75, 3.05) is 12.4 Å². The SMILES string of the molecule is CCC(C)(OC)C(=O)Nc1ncccc1C(=O)O. The lowest BCUT2D eigenvalue weighted by molar-refractivity contribution is -0.136. The van der Waals surface area contributed by atoms with Crippen molar-refractivity contribution in [3.63, 3.8) is 0 Å². The summed E-state index contributed by atoms with van der Waals surface area (Å²) in [5, 5.41) is 11.5. The summed E-state index contributed by atoms with van der Waals surface area (Å²) in [5.41, 5.74) is -1.06. The molecule has 0 saturated carbocycles. The smallest absolute Gasteiger partial charge is 0.339 e. The fraction of sp³-hybridized carbons (Fsp3) is 0.417. The van der Waals surface area contributed by atoms with E-state index in [0.29, 0.717) is 6.42 Å². The molecule has 1 heterocycles. The molecule has 0 aliphatic carbocycles. The molecule has 2 N–H and O–H groups in total. The van der Waals surface area contributed by atoms with Crippen molar-refractivity contribution in [2.45, 2.75) is 25.9 Å². The van der Waals surface area contributed by atoms with E-state index in [1.807, 2.05) is 0 Å². The average Bonchev–Trinajstić information content (AvgIpc) is 2.38. The van der Waals surface area contributed by atoms with Gasteiger partial charge < -0.3 is 15.2 Å². The number of hydrogen-bond donors (Lipinski definition) is 2. The highest BCUT2D eigenvalue weighted by molar-refractivity contribution is 6.02. The largest absolute Gasteiger partial charge is 0.478 e. The molecule has 18 heavy (non-hydrogen) atoms. The number of rotatable bonds is 5. The normalized spacial score (nSPS) is 13.7. The monoisotopic (exact) mass is 252 g/mol. The Kier molecular flexibility index (Phi) is 4.38. The van der Waals surface area contributed by atoms with Crippen LogP contribution in [0, 0.1) is 0 Å². The van der Waals surface area contributed by atoms with Crippen LogP contribution in [0.2, 0.25) is 0 Å². The summed E-state index contributed by atoms with van der Waals surface area (Å²) in [6.45, 7) is 3.44. The van der Waals surface area contributed by atoms with Crippen molar-refractivity contribution in [1.29, 1.82) is 0 Å². The third-order valence-electron chi connectivity index (χ3n) is 2.88. The van der Waals surface area contributed by atoms with Gasteiger partial charge in [-0.3, -0.25) is 4.79 Å². The van der Waals surface area contributed by atoms with Crippen molar-refractivity contribution in [3.05, 3.63) is 23.9 Å². The van der Waals surface area contributed by atoms with Crippen LogP contribution in [0.3, 0.4) is 0 Å². The molecule has 1 unspecified atom stereocenters. The van der Waals surface area contributed by atoms with Crippen LogP contribution in [0.15, 0.2) is 18.3 Å². The lowest BCUT2D eigenvalue weighted by Gasteiger charge is -2.25. The molecular weight excluding hydrogens is 236 g/mol. The summed E-state index contributed by atoms with van der Waals surface area (Å²) in [7, 11) is 1.43. The van der Waals surface area contributed by atoms with Gasteiger partial charge in [-0.2, -0.15) is 0 Å². The van der Waals surface area contributed by atoms with Gasteiger partial charge in [-0.25, -0.2) is 9.78 Å². The fourth-order valence-electron chi connectivity index (χ4n) is 1.31. The Morgan fingerprint density at radius 1 is 1.56 bits per heavy atom. The second-order valence-electron chi connectivity index (χ2n) is 3.95. The van der Waals surface area contributed by atoms with Gasteiger partial charge in [-0.15, -0.1) is 0 Å². The Morgan fingerprint density at radius 2 is 2.22 bits per heavy atom. The molecule has 1 atom stereocenters. The van der Waals surface area contributed by atoms with Gasteiger partial charge in [0.1, 0.15) is 17.0 Å². The lowest BCUT2D eigenvalue weighted by atomic mass is 10.0. The first kappa shape index (κ1) is 14.1. The molecule has 0 aromatic carbocycles. The number of aromatic nitrogens is 1. The molecule has 1 amide bonds. The first-order chi connectivity index (χ1) is 8.44. The van der Waals surface area contributed by atoms with Crippen molar-refractivity contribution in [3.8, 4) is 0 Å². The number of pyridine rings is 1. The Balaban J connectivity index is 2.98. The number of carbonyl (C=O) groups excluding carboxylic acids is 1. The van der Waals surface area contributed by atoms with Gasteiger partial charge in [-0.1, -0.05) is 6.92 Å². The maximum atomic E-state index is 12.0. The van der Waals surface area contributed by atoms with Gasteiger partial charge >= 0.3 is 5.97 Å². The average molecular weight is 252 g/mol. The number of ether oxygens (including phenoxy) is 1. The summed E-state index contributed by atoms with van der Waals surface area (Å²) in [4.78, 5) is 26.8. The minimum atomic E-state index is -1.14. The quantitative estimate of drug-likeness (QED) is 0.829. The third kappa shape index (κ3) is 2.84. The first-order valence-corrected chi connectivity index (χ1v) is 5.49. The number of carboxylic acids is 1. The van der Waals surface area contributed by atoms with E-state index >= 15 is 0 Å². The van der Waals surface area contributed by atoms with Crippen molar-refractivity contribution < 1.29 is 19.4 Å². The predicted molar refractivity (Wildman–Crippen MR) is 65.5 cm³/mol. The van der Waals surface area contributed by atoms with Crippen LogP contribution < -0.4 is 5.32 Å². The van der Waals surface area contributed by atoms with Crippen molar-refractivity contribution in [1.82, 2.24) is 4.98 Å². The minimum absolute atomic E-state index is 0.0201. The van der Waals surface area contributed by atoms with E-state index in [0.717, 1.165) is 0 Å². The molecule has 98 valence electrons. The van der Waals surface area contributed by atoms with E-state index in [1.165, 1.54) is 25.4 Å². The number of carboxylic acid groups (broad SMARTS) is 1. The number of methoxy groups -OCH3 is 1. The van der Waals surface area contributed by atoms with Gasteiger partial charge in [0.2, 0.25) is 0 Å². The molecular formula is C12H16N2O4. The third-order valence-corrected chi connectivity index (χ3v) is 2.88. The van der Waals surface area contributed by atoms with Crippen molar-refractivity contribution >= 4 is 17.7 Å². The van der Waals surface area contributed by atoms with Gasteiger partial charge in [0.15, 0.2) is 0 Å². The predicted octanol–water partition coefficient (Wildman–Crippen LogP) is 1.53. The van der Waals surface area contributed by atoms with Crippen LogP contribution in [-0.4, -0.2) is 34.7 Å². The zero-order valence-corrected chi connectivity index (χ0v) is 10.6. The fourth-order valence-corrected chi connectivity index (χ4v) is 1.31. The van der Waals surface area contributed by atoms with Gasteiger partial charge in [0, 0.05) is 13.3 Å². The Hall–Kier alpha value is -1.95. The Bertz CT molecular complexity index is 455. The first-order valence-electron chi connectivity index (χ1n) is 5.49. The minimum Gasteiger partial charge on any atom is -0.478 e. The molecule has 1 rings (SSSR count). The van der Waals surface area contributed by atoms with Crippen LogP contribution in [0.25, 0.3) is 0 Å². The molecule has 0 bridgehead atoms. The lowest BCUT2D eigenvalue weighted by Crippen LogP contribution is -2.41. The number of aromatic carboxylic acids is 1. The van der Waals surface area contributed by atoms with Gasteiger partial charge in [0.05, 0.1) is 0 Å². The second kappa shape index (κ2) is 5.59. The molecule has 1 aromatic heterocycles. The van der Waals surface area contributed by atoms with E-state index < -0.39 is 17.5 Å². The maximum absolute atomic E-state index is 12.0. The summed E-state index contributed by atoms with van der Waals surface area (Å²) in [6, 6.07) is 2.87. The summed E-state index contributed by atoms with van der Waals surface area (Å²) in [6.07, 6.45) is 1.88. The Morgan fingerprint density at radius 3 is 2.72 bits per heavy atom. The van der Waals surface area contributed by atoms with Crippen LogP contribution in [0.1, 0.15) is 30.6 Å². The highest BCUT2D eigenvalue weighted by Gasteiger charge is 2.32. The Labute approximate surface area is 105 Å². The van der Waals surface area contributed by atoms with Crippen molar-refractivity contribution in [2.24, 2.45) is 0 Å². The summed E-state index contributed by atoms with van der Waals surface area (Å²) < 4.78 is 5.13. The molecule has 0 aliphatic rings. The van der Waals surface area contributed by atoms with E-state index in [9.17, 15) is 9.59 Å². The van der Waals surface area contributed by atoms with Crippen LogP contribution in [0.4, 0.5) is 5.82 Å². The van der Waals surface area contributed by atoms with E-state index in [-0.39, 0.29) is 11.4 Å². The molecule has 1 aromatic rings. The second-order valence-corrected chi connectivity index (χ2v) is 3.95. The number of nitrogens with zero attached hydrogens (tertiary/aromatic N) is 1. The maximum Gasteiger partial charge on any atom is 0.339 e. The summed E-state index contributed by atoms with van der Waals surface area (Å²) >= 11 is 0. The number of amides is 1. The highest BCUT2D eigenvalue weighted by Crippen LogP contribution is 2.18. The molecule has 6 nitrogen and oxygen atoms in total. The number of hydrogen-bond acceptors (Lipinski definition) is 4. The zero-order valence-electron chi connectivity index (χ0n) is 10.6. The standard InChI is InChI=1S/C12H16N2O4/c1-4-12(2,18-3)11(17)14-9-8(10(15)16)6-5-7-13-9/h5-7H,4H2,1-3H3,(H,15,16)(H,13,14,17). The number of carbonyl (C=O) groups is 2. The van der Waals surface area contributed by atoms with E-state index in [4.69, 9.17) is 9.84 Å². The zero-order chi connectivity index (χ0) is 13.8. The molecule has 6 heteroatoms. The summed E-state index contributed by atoms with van der Waals surface area (Å²) in [5.74, 6) is -1.55. The van der Waals surface area contributed by atoms with Crippen LogP contribution in [-0.2, 0) is 9.53 Å². The van der Waals surface area contributed by atoms with Crippen LogP contribution >= 0.6 is 0 Å². The highest BCUT2D eigenvalue weighted by atomic mass is 16.5. The molecule has 0 aliphatic heterocycles. The number of nitrogens with one attached hydrogen (secondary N) is 1. The molecule has 0 radical (unpaired) electrons. The van der Waals surface area contributed by atoms with Gasteiger partial charge in [-0.05, 0) is 25.5 Å². The topological polar surface area (TPSA) is 88.5 Å². The number of anilines is 1. The molecule has 0 saturated heterocycles. The van der Waals surface area contributed by atoms with Crippen LogP contribution in [0.5, 0.6) is 0 Å².